The smallest absolute Gasteiger partial charge is 0.254 e. The Hall–Kier alpha value is -2.37. The maximum atomic E-state index is 11.9. The van der Waals surface area contributed by atoms with E-state index < -0.39 is 0 Å². The monoisotopic (exact) mass is 458 g/mol. The summed E-state index contributed by atoms with van der Waals surface area (Å²) in [4.78, 5) is 11.7. The van der Waals surface area contributed by atoms with E-state index >= 15 is 0 Å². The van der Waals surface area contributed by atoms with Crippen molar-refractivity contribution >= 4 is 27.5 Å². The third kappa shape index (κ3) is 4.72. The first kappa shape index (κ1) is 20.4. The van der Waals surface area contributed by atoms with Gasteiger partial charge in [-0.3, -0.25) is 10.1 Å². The summed E-state index contributed by atoms with van der Waals surface area (Å²) in [7, 11) is 0. The molecule has 28 heavy (non-hydrogen) atoms. The molecule has 0 saturated carbocycles. The highest BCUT2D eigenvalue weighted by Gasteiger charge is 2.26. The maximum Gasteiger partial charge on any atom is 0.254 e. The molecule has 4 nitrogen and oxygen atoms in total. The molecule has 0 unspecified atom stereocenters. The van der Waals surface area contributed by atoms with Crippen LogP contribution in [0.3, 0.4) is 0 Å². The first-order valence-electron chi connectivity index (χ1n) is 8.85. The molecule has 3 rings (SSSR count). The molecule has 2 aromatic carbocycles. The minimum Gasteiger partial charge on any atom is -0.365 e. The summed E-state index contributed by atoms with van der Waals surface area (Å²) >= 11 is 9.59. The van der Waals surface area contributed by atoms with Crippen LogP contribution in [0.15, 0.2) is 82.3 Å². The van der Waals surface area contributed by atoms with E-state index in [4.69, 9.17) is 11.6 Å². The van der Waals surface area contributed by atoms with Gasteiger partial charge < -0.3 is 5.32 Å². The molecule has 0 amide bonds. The van der Waals surface area contributed by atoms with Crippen molar-refractivity contribution in [3.63, 3.8) is 0 Å². The van der Waals surface area contributed by atoms with E-state index in [1.807, 2.05) is 62.4 Å². The molecule has 1 heterocycles. The van der Waals surface area contributed by atoms with E-state index in [0.717, 1.165) is 26.9 Å². The van der Waals surface area contributed by atoms with Crippen molar-refractivity contribution in [3.8, 4) is 0 Å². The fraction of sp³-hybridized carbons (Fsp3) is 0.182. The SMILES string of the molecule is CC1=CC(=C(C[C@H](c2ccc(Br)cc2)c2ccc(Cl)cc2C)[N+](=O)[O-])C=CN1. The van der Waals surface area contributed by atoms with Crippen LogP contribution < -0.4 is 5.32 Å². The molecule has 1 N–H and O–H groups in total. The Labute approximate surface area is 177 Å². The van der Waals surface area contributed by atoms with Gasteiger partial charge in [0, 0.05) is 27.3 Å². The molecule has 0 aromatic heterocycles. The van der Waals surface area contributed by atoms with Gasteiger partial charge in [-0.15, -0.1) is 0 Å². The van der Waals surface area contributed by atoms with Crippen LogP contribution in [0.2, 0.25) is 5.02 Å². The van der Waals surface area contributed by atoms with Crippen molar-refractivity contribution in [2.75, 3.05) is 0 Å². The Morgan fingerprint density at radius 3 is 2.54 bits per heavy atom. The highest BCUT2D eigenvalue weighted by atomic mass is 79.9. The van der Waals surface area contributed by atoms with E-state index in [0.29, 0.717) is 10.6 Å². The molecule has 1 aliphatic heterocycles. The lowest BCUT2D eigenvalue weighted by Crippen LogP contribution is -2.13. The second kappa shape index (κ2) is 8.76. The minimum atomic E-state index is -0.272. The zero-order chi connectivity index (χ0) is 20.3. The third-order valence-corrected chi connectivity index (χ3v) is 5.54. The van der Waals surface area contributed by atoms with Gasteiger partial charge in [-0.1, -0.05) is 45.7 Å². The predicted octanol–water partition coefficient (Wildman–Crippen LogP) is 6.48. The molecule has 0 fully saturated rings. The summed E-state index contributed by atoms with van der Waals surface area (Å²) in [5, 5.41) is 15.6. The molecule has 0 aliphatic carbocycles. The maximum absolute atomic E-state index is 11.9. The van der Waals surface area contributed by atoms with Crippen molar-refractivity contribution in [2.45, 2.75) is 26.2 Å². The predicted molar refractivity (Wildman–Crippen MR) is 117 cm³/mol. The lowest BCUT2D eigenvalue weighted by molar-refractivity contribution is -0.429. The lowest BCUT2D eigenvalue weighted by Gasteiger charge is -2.20. The van der Waals surface area contributed by atoms with Crippen LogP contribution >= 0.6 is 27.5 Å². The van der Waals surface area contributed by atoms with E-state index in [-0.39, 0.29) is 23.0 Å². The summed E-state index contributed by atoms with van der Waals surface area (Å²) in [5.41, 5.74) is 4.76. The molecule has 0 bridgehead atoms. The quantitative estimate of drug-likeness (QED) is 0.411. The van der Waals surface area contributed by atoms with Crippen molar-refractivity contribution in [2.24, 2.45) is 0 Å². The largest absolute Gasteiger partial charge is 0.365 e. The number of nitro groups is 1. The topological polar surface area (TPSA) is 55.2 Å². The van der Waals surface area contributed by atoms with E-state index in [1.165, 1.54) is 0 Å². The Morgan fingerprint density at radius 1 is 1.21 bits per heavy atom. The second-order valence-electron chi connectivity index (χ2n) is 6.77. The zero-order valence-corrected chi connectivity index (χ0v) is 17.9. The van der Waals surface area contributed by atoms with Gasteiger partial charge in [-0.2, -0.15) is 0 Å². The lowest BCUT2D eigenvalue weighted by atomic mass is 9.84. The molecule has 0 saturated heterocycles. The van der Waals surface area contributed by atoms with Crippen molar-refractivity contribution in [1.29, 1.82) is 0 Å². The third-order valence-electron chi connectivity index (χ3n) is 4.78. The number of allylic oxidation sites excluding steroid dienone is 5. The van der Waals surface area contributed by atoms with Crippen LogP contribution in [0.25, 0.3) is 0 Å². The number of aryl methyl sites for hydroxylation is 1. The minimum absolute atomic E-state index is 0.157. The van der Waals surface area contributed by atoms with Crippen LogP contribution in [0.1, 0.15) is 36.0 Å². The molecule has 6 heteroatoms. The average molecular weight is 460 g/mol. The Kier molecular flexibility index (Phi) is 6.37. The highest BCUT2D eigenvalue weighted by molar-refractivity contribution is 9.10. The summed E-state index contributed by atoms with van der Waals surface area (Å²) in [6.07, 6.45) is 5.57. The molecule has 1 atom stereocenters. The van der Waals surface area contributed by atoms with Crippen LogP contribution in [0.5, 0.6) is 0 Å². The van der Waals surface area contributed by atoms with Crippen LogP contribution in [0, 0.1) is 17.0 Å². The van der Waals surface area contributed by atoms with E-state index in [9.17, 15) is 10.1 Å². The standard InChI is InChI=1S/C22H20BrClN2O2/c1-14-11-19(24)7-8-20(14)21(16-3-5-18(23)6-4-16)13-22(26(27)28)17-9-10-25-15(2)12-17/h3-12,21,25H,13H2,1-2H3/t21-/m1/s1. The Balaban J connectivity index is 2.12. The molecule has 144 valence electrons. The Morgan fingerprint density at radius 2 is 1.93 bits per heavy atom. The van der Waals surface area contributed by atoms with E-state index in [2.05, 4.69) is 21.2 Å². The average Bonchev–Trinajstić information content (AvgIpc) is 2.64. The first-order valence-corrected chi connectivity index (χ1v) is 10.0. The number of benzene rings is 2. The van der Waals surface area contributed by atoms with Gasteiger partial charge in [0.05, 0.1) is 16.9 Å². The van der Waals surface area contributed by atoms with E-state index in [1.54, 1.807) is 12.3 Å². The molecular weight excluding hydrogens is 440 g/mol. The molecule has 0 radical (unpaired) electrons. The fourth-order valence-electron chi connectivity index (χ4n) is 3.39. The number of hydrogen-bond donors (Lipinski definition) is 1. The van der Waals surface area contributed by atoms with Gasteiger partial charge in [0.1, 0.15) is 0 Å². The molecule has 1 aliphatic rings. The van der Waals surface area contributed by atoms with Crippen molar-refractivity contribution < 1.29 is 4.92 Å². The number of halogens is 2. The van der Waals surface area contributed by atoms with Gasteiger partial charge in [-0.05, 0) is 67.0 Å². The summed E-state index contributed by atoms with van der Waals surface area (Å²) in [6, 6.07) is 13.6. The first-order chi connectivity index (χ1) is 13.3. The number of nitrogens with one attached hydrogen (secondary N) is 1. The highest BCUT2D eigenvalue weighted by Crippen LogP contribution is 2.36. The number of nitrogens with zero attached hydrogens (tertiary/aromatic N) is 1. The molecule has 2 aromatic rings. The second-order valence-corrected chi connectivity index (χ2v) is 8.13. The van der Waals surface area contributed by atoms with Gasteiger partial charge in [-0.25, -0.2) is 0 Å². The summed E-state index contributed by atoms with van der Waals surface area (Å²) in [5.74, 6) is -0.157. The number of rotatable bonds is 5. The fourth-order valence-corrected chi connectivity index (χ4v) is 3.88. The van der Waals surface area contributed by atoms with Crippen LogP contribution in [-0.2, 0) is 0 Å². The molecular formula is C22H20BrClN2O2. The van der Waals surface area contributed by atoms with Crippen molar-refractivity contribution in [3.05, 3.63) is 114 Å². The Bertz CT molecular complexity index is 994. The van der Waals surface area contributed by atoms with Crippen LogP contribution in [0.4, 0.5) is 0 Å². The number of hydrogen-bond acceptors (Lipinski definition) is 3. The van der Waals surface area contributed by atoms with Gasteiger partial charge in [0.25, 0.3) is 5.70 Å². The van der Waals surface area contributed by atoms with Gasteiger partial charge in [0.15, 0.2) is 0 Å². The van der Waals surface area contributed by atoms with Crippen molar-refractivity contribution in [1.82, 2.24) is 5.32 Å². The van der Waals surface area contributed by atoms with Gasteiger partial charge >= 0.3 is 0 Å². The zero-order valence-electron chi connectivity index (χ0n) is 15.6. The number of dihydropyridines is 1. The normalized spacial score (nSPS) is 16.2. The summed E-state index contributed by atoms with van der Waals surface area (Å²) < 4.78 is 0.968. The summed E-state index contributed by atoms with van der Waals surface area (Å²) in [6.45, 7) is 3.87. The molecule has 0 spiro atoms. The van der Waals surface area contributed by atoms with Gasteiger partial charge in [0.2, 0.25) is 0 Å². The van der Waals surface area contributed by atoms with Crippen LogP contribution in [-0.4, -0.2) is 4.92 Å².